The van der Waals surface area contributed by atoms with Gasteiger partial charge in [-0.15, -0.1) is 0 Å². The first-order valence-corrected chi connectivity index (χ1v) is 6.46. The minimum atomic E-state index is -2.22. The summed E-state index contributed by atoms with van der Waals surface area (Å²) in [5, 5.41) is 15.2. The lowest BCUT2D eigenvalue weighted by Gasteiger charge is -2.23. The van der Waals surface area contributed by atoms with Crippen LogP contribution in [-0.4, -0.2) is 53.6 Å². The Hall–Kier alpha value is 0.0169. The van der Waals surface area contributed by atoms with Crippen LogP contribution < -0.4 is 0 Å². The van der Waals surface area contributed by atoms with Crippen LogP contribution in [0, 0.1) is 0 Å². The summed E-state index contributed by atoms with van der Waals surface area (Å²) in [4.78, 5) is 0. The van der Waals surface area contributed by atoms with Crippen LogP contribution in [0.4, 0.5) is 0 Å². The van der Waals surface area contributed by atoms with Crippen LogP contribution in [0.2, 0.25) is 6.04 Å². The third-order valence-corrected chi connectivity index (χ3v) is 4.57. The Kier molecular flexibility index (Phi) is 13.0. The van der Waals surface area contributed by atoms with Crippen molar-refractivity contribution < 1.29 is 23.5 Å². The van der Waals surface area contributed by atoms with Gasteiger partial charge in [-0.25, -0.2) is 0 Å². The molecule has 6 heteroatoms. The van der Waals surface area contributed by atoms with Gasteiger partial charge >= 0.3 is 8.80 Å². The molecule has 0 saturated carbocycles. The first-order valence-electron chi connectivity index (χ1n) is 4.53. The van der Waals surface area contributed by atoms with Crippen molar-refractivity contribution in [3.8, 4) is 0 Å². The molecule has 2 N–H and O–H groups in total. The molecular weight excluding hydrogens is 204 g/mol. The third kappa shape index (κ3) is 7.42. The molecule has 88 valence electrons. The van der Waals surface area contributed by atoms with Gasteiger partial charge in [0.15, 0.2) is 0 Å². The molecule has 0 amide bonds. The normalized spacial score (nSPS) is 10.7. The fraction of sp³-hybridized carbons (Fsp3) is 1.00. The monoisotopic (exact) mass is 226 g/mol. The summed E-state index contributed by atoms with van der Waals surface area (Å²) in [7, 11) is 2.68. The Morgan fingerprint density at radius 1 is 0.929 bits per heavy atom. The largest absolute Gasteiger partial charge is 0.500 e. The molecule has 0 aromatic heterocycles. The minimum Gasteiger partial charge on any atom is -0.394 e. The van der Waals surface area contributed by atoms with E-state index in [9.17, 15) is 0 Å². The molecule has 0 fully saturated rings. The molecule has 14 heavy (non-hydrogen) atoms. The molecule has 0 radical (unpaired) electrons. The molecule has 0 aliphatic rings. The van der Waals surface area contributed by atoms with E-state index in [4.69, 9.17) is 23.5 Å². The first-order chi connectivity index (χ1) is 6.66. The summed E-state index contributed by atoms with van der Waals surface area (Å²) in [6.07, 6.45) is 1.03. The Balaban J connectivity index is 0. The molecule has 0 rings (SSSR count). The van der Waals surface area contributed by atoms with E-state index < -0.39 is 8.80 Å². The summed E-state index contributed by atoms with van der Waals surface area (Å²) in [5.41, 5.74) is 0. The second-order valence-electron chi connectivity index (χ2n) is 2.49. The highest BCUT2D eigenvalue weighted by Crippen LogP contribution is 2.13. The highest BCUT2D eigenvalue weighted by molar-refractivity contribution is 6.60. The lowest BCUT2D eigenvalue weighted by molar-refractivity contribution is 0.123. The van der Waals surface area contributed by atoms with Crippen LogP contribution in [0.3, 0.4) is 0 Å². The quantitative estimate of drug-likeness (QED) is 0.635. The smallest absolute Gasteiger partial charge is 0.394 e. The average Bonchev–Trinajstić information content (AvgIpc) is 2.26. The van der Waals surface area contributed by atoms with Crippen molar-refractivity contribution in [1.82, 2.24) is 0 Å². The average molecular weight is 226 g/mol. The van der Waals surface area contributed by atoms with Crippen molar-refractivity contribution in [2.45, 2.75) is 19.4 Å². The Bertz CT molecular complexity index is 97.6. The summed E-state index contributed by atoms with van der Waals surface area (Å²) in [5.74, 6) is 0. The first kappa shape index (κ1) is 16.4. The SMILES string of the molecule is CCC[Si](OC)(OC)OC.OCCO. The number of hydrogen-bond donors (Lipinski definition) is 2. The van der Waals surface area contributed by atoms with E-state index >= 15 is 0 Å². The van der Waals surface area contributed by atoms with E-state index in [2.05, 4.69) is 6.92 Å². The molecule has 0 heterocycles. The fourth-order valence-corrected chi connectivity index (χ4v) is 2.59. The standard InChI is InChI=1S/C6H16O3Si.C2H6O2/c1-5-6-10(7-2,8-3)9-4;3-1-2-4/h5-6H2,1-4H3;3-4H,1-2H2. The van der Waals surface area contributed by atoms with Crippen LogP contribution >= 0.6 is 0 Å². The molecule has 0 aromatic carbocycles. The van der Waals surface area contributed by atoms with Gasteiger partial charge in [0.05, 0.1) is 13.2 Å². The molecule has 0 saturated heterocycles. The number of rotatable bonds is 6. The second-order valence-corrected chi connectivity index (χ2v) is 5.58. The summed E-state index contributed by atoms with van der Waals surface area (Å²) in [6, 6.07) is 0.885. The minimum absolute atomic E-state index is 0.125. The maximum atomic E-state index is 7.62. The molecule has 0 aromatic rings. The zero-order valence-corrected chi connectivity index (χ0v) is 10.4. The zero-order valence-electron chi connectivity index (χ0n) is 9.45. The molecule has 0 aliphatic carbocycles. The Morgan fingerprint density at radius 2 is 1.29 bits per heavy atom. The molecule has 0 bridgehead atoms. The third-order valence-electron chi connectivity index (χ3n) is 1.59. The summed E-state index contributed by atoms with van der Waals surface area (Å²) < 4.78 is 15.5. The summed E-state index contributed by atoms with van der Waals surface area (Å²) >= 11 is 0. The maximum Gasteiger partial charge on any atom is 0.500 e. The highest BCUT2D eigenvalue weighted by atomic mass is 28.4. The van der Waals surface area contributed by atoms with Crippen molar-refractivity contribution in [2.75, 3.05) is 34.5 Å². The van der Waals surface area contributed by atoms with Gasteiger partial charge in [-0.1, -0.05) is 13.3 Å². The molecule has 0 aliphatic heterocycles. The number of hydrogen-bond acceptors (Lipinski definition) is 5. The van der Waals surface area contributed by atoms with E-state index in [0.717, 1.165) is 12.5 Å². The van der Waals surface area contributed by atoms with Crippen LogP contribution in [-0.2, 0) is 13.3 Å². The molecule has 0 atom stereocenters. The van der Waals surface area contributed by atoms with E-state index in [1.54, 1.807) is 21.3 Å². The van der Waals surface area contributed by atoms with Gasteiger partial charge in [-0.05, 0) is 0 Å². The Morgan fingerprint density at radius 3 is 1.36 bits per heavy atom. The second kappa shape index (κ2) is 11.1. The molecule has 0 unspecified atom stereocenters. The number of aliphatic hydroxyl groups excluding tert-OH is 2. The fourth-order valence-electron chi connectivity index (χ4n) is 0.862. The molecule has 5 nitrogen and oxygen atoms in total. The maximum absolute atomic E-state index is 7.62. The highest BCUT2D eigenvalue weighted by Gasteiger charge is 2.36. The van der Waals surface area contributed by atoms with Crippen LogP contribution in [0.1, 0.15) is 13.3 Å². The number of aliphatic hydroxyl groups is 2. The molecule has 0 spiro atoms. The van der Waals surface area contributed by atoms with Gasteiger partial charge in [0.25, 0.3) is 0 Å². The van der Waals surface area contributed by atoms with Gasteiger partial charge in [0.1, 0.15) is 0 Å². The van der Waals surface area contributed by atoms with Gasteiger partial charge in [-0.3, -0.25) is 0 Å². The van der Waals surface area contributed by atoms with E-state index in [0.29, 0.717) is 0 Å². The predicted molar refractivity (Wildman–Crippen MR) is 56.1 cm³/mol. The van der Waals surface area contributed by atoms with E-state index in [1.807, 2.05) is 0 Å². The van der Waals surface area contributed by atoms with Gasteiger partial charge in [0, 0.05) is 27.4 Å². The van der Waals surface area contributed by atoms with Crippen molar-refractivity contribution in [1.29, 1.82) is 0 Å². The van der Waals surface area contributed by atoms with Gasteiger partial charge in [-0.2, -0.15) is 0 Å². The van der Waals surface area contributed by atoms with E-state index in [-0.39, 0.29) is 13.2 Å². The zero-order chi connectivity index (χ0) is 11.4. The van der Waals surface area contributed by atoms with E-state index in [1.165, 1.54) is 0 Å². The predicted octanol–water partition coefficient (Wildman–Crippen LogP) is 0.245. The van der Waals surface area contributed by atoms with Crippen molar-refractivity contribution in [3.05, 3.63) is 0 Å². The van der Waals surface area contributed by atoms with Crippen molar-refractivity contribution in [3.63, 3.8) is 0 Å². The lowest BCUT2D eigenvalue weighted by Crippen LogP contribution is -2.42. The topological polar surface area (TPSA) is 68.2 Å². The van der Waals surface area contributed by atoms with Crippen molar-refractivity contribution >= 4 is 8.80 Å². The summed E-state index contributed by atoms with van der Waals surface area (Å²) in [6.45, 7) is 1.83. The molecular formula is C8H22O5Si. The lowest BCUT2D eigenvalue weighted by atomic mass is 10.6. The Labute approximate surface area is 87.0 Å². The van der Waals surface area contributed by atoms with Crippen molar-refractivity contribution in [2.24, 2.45) is 0 Å². The van der Waals surface area contributed by atoms with Crippen LogP contribution in [0.5, 0.6) is 0 Å². The van der Waals surface area contributed by atoms with Crippen LogP contribution in [0.15, 0.2) is 0 Å². The van der Waals surface area contributed by atoms with Gasteiger partial charge in [0.2, 0.25) is 0 Å². The van der Waals surface area contributed by atoms with Gasteiger partial charge < -0.3 is 23.5 Å². The van der Waals surface area contributed by atoms with Crippen LogP contribution in [0.25, 0.3) is 0 Å².